The van der Waals surface area contributed by atoms with Crippen LogP contribution in [0.4, 0.5) is 0 Å². The molecule has 3 rings (SSSR count). The first kappa shape index (κ1) is 19.8. The van der Waals surface area contributed by atoms with E-state index in [9.17, 15) is 4.79 Å². The van der Waals surface area contributed by atoms with Gasteiger partial charge in [0.1, 0.15) is 12.6 Å². The summed E-state index contributed by atoms with van der Waals surface area (Å²) in [6.07, 6.45) is 2.81. The van der Waals surface area contributed by atoms with Gasteiger partial charge in [-0.2, -0.15) is 0 Å². The predicted octanol–water partition coefficient (Wildman–Crippen LogP) is 3.06. The molecule has 1 aliphatic heterocycles. The number of rotatable bonds is 7. The summed E-state index contributed by atoms with van der Waals surface area (Å²) in [7, 11) is 3.88. The topological polar surface area (TPSA) is 71.7 Å². The van der Waals surface area contributed by atoms with Crippen molar-refractivity contribution in [2.45, 2.75) is 38.5 Å². The van der Waals surface area contributed by atoms with Crippen molar-refractivity contribution in [2.75, 3.05) is 27.2 Å². The van der Waals surface area contributed by atoms with Crippen LogP contribution in [0.5, 0.6) is 0 Å². The number of nitrogens with zero attached hydrogens (tertiary/aromatic N) is 4. The molecule has 0 saturated carbocycles. The molecule has 8 heteroatoms. The van der Waals surface area contributed by atoms with E-state index >= 15 is 0 Å². The molecule has 7 nitrogen and oxygen atoms in total. The Kier molecular flexibility index (Phi) is 6.82. The highest BCUT2D eigenvalue weighted by Crippen LogP contribution is 2.30. The Bertz CT molecular complexity index is 765. The molecule has 1 aromatic carbocycles. The van der Waals surface area contributed by atoms with E-state index in [2.05, 4.69) is 10.2 Å². The molecule has 1 saturated heterocycles. The first-order chi connectivity index (χ1) is 13.0. The normalized spacial score (nSPS) is 17.5. The minimum Gasteiger partial charge on any atom is -0.422 e. The summed E-state index contributed by atoms with van der Waals surface area (Å²) in [5.74, 6) is 0.994. The minimum atomic E-state index is -0.182. The third-order valence-electron chi connectivity index (χ3n) is 4.48. The Hall–Kier alpha value is -1.96. The fourth-order valence-electron chi connectivity index (χ4n) is 3.17. The summed E-state index contributed by atoms with van der Waals surface area (Å²) in [6, 6.07) is 7.28. The Morgan fingerprint density at radius 1 is 1.33 bits per heavy atom. The number of piperidine rings is 1. The number of carbonyl (C=O) groups excluding carboxylic acids is 1. The van der Waals surface area contributed by atoms with Crippen LogP contribution in [0.2, 0.25) is 5.02 Å². The second kappa shape index (κ2) is 9.30. The lowest BCUT2D eigenvalue weighted by Crippen LogP contribution is -2.40. The number of benzene rings is 1. The number of hydrogen-bond donors (Lipinski definition) is 0. The monoisotopic (exact) mass is 392 g/mol. The zero-order valence-corrected chi connectivity index (χ0v) is 16.5. The summed E-state index contributed by atoms with van der Waals surface area (Å²) in [5, 5.41) is 8.90. The van der Waals surface area contributed by atoms with Crippen molar-refractivity contribution in [3.05, 3.63) is 46.6 Å². The van der Waals surface area contributed by atoms with Gasteiger partial charge >= 0.3 is 0 Å². The number of amides is 1. The summed E-state index contributed by atoms with van der Waals surface area (Å²) in [6.45, 7) is 1.55. The lowest BCUT2D eigenvalue weighted by Gasteiger charge is -2.33. The number of carbonyl (C=O) groups is 1. The van der Waals surface area contributed by atoms with Crippen molar-refractivity contribution in [2.24, 2.45) is 0 Å². The molecule has 0 aliphatic carbocycles. The van der Waals surface area contributed by atoms with E-state index in [0.717, 1.165) is 24.8 Å². The van der Waals surface area contributed by atoms with Crippen molar-refractivity contribution in [1.82, 2.24) is 20.0 Å². The second-order valence-corrected chi connectivity index (χ2v) is 7.36. The van der Waals surface area contributed by atoms with E-state index in [-0.39, 0.29) is 18.6 Å². The van der Waals surface area contributed by atoms with Gasteiger partial charge in [-0.25, -0.2) is 0 Å². The molecule has 0 N–H and O–H groups in total. The molecule has 1 aliphatic rings. The molecule has 1 atom stereocenters. The van der Waals surface area contributed by atoms with Crippen LogP contribution < -0.4 is 0 Å². The zero-order chi connectivity index (χ0) is 19.2. The molecule has 2 heterocycles. The first-order valence-electron chi connectivity index (χ1n) is 9.12. The van der Waals surface area contributed by atoms with Gasteiger partial charge in [-0.3, -0.25) is 4.79 Å². The van der Waals surface area contributed by atoms with Gasteiger partial charge in [0.05, 0.1) is 13.2 Å². The van der Waals surface area contributed by atoms with E-state index in [1.54, 1.807) is 4.90 Å². The summed E-state index contributed by atoms with van der Waals surface area (Å²) in [5.41, 5.74) is 0.868. The van der Waals surface area contributed by atoms with Crippen molar-refractivity contribution in [3.63, 3.8) is 0 Å². The van der Waals surface area contributed by atoms with Gasteiger partial charge in [0, 0.05) is 11.6 Å². The molecule has 27 heavy (non-hydrogen) atoms. The molecule has 0 bridgehead atoms. The third kappa shape index (κ3) is 5.28. The Labute approximate surface area is 164 Å². The molecule has 1 aromatic heterocycles. The van der Waals surface area contributed by atoms with Crippen LogP contribution in [0, 0.1) is 0 Å². The second-order valence-electron chi connectivity index (χ2n) is 6.95. The van der Waals surface area contributed by atoms with Crippen molar-refractivity contribution in [1.29, 1.82) is 0 Å². The summed E-state index contributed by atoms with van der Waals surface area (Å²) < 4.78 is 11.4. The van der Waals surface area contributed by atoms with Gasteiger partial charge < -0.3 is 19.0 Å². The minimum absolute atomic E-state index is 0.000412. The lowest BCUT2D eigenvalue weighted by atomic mass is 10.0. The van der Waals surface area contributed by atoms with Crippen LogP contribution in [0.15, 0.2) is 28.7 Å². The Balaban J connectivity index is 1.60. The standard InChI is InChI=1S/C19H25ClN4O3/c1-23(2)11-17-21-22-19(27-17)16-9-5-6-10-24(16)18(25)13-26-12-14-7-3-4-8-15(14)20/h3-4,7-8,16H,5-6,9-13H2,1-2H3. The summed E-state index contributed by atoms with van der Waals surface area (Å²) in [4.78, 5) is 16.5. The largest absolute Gasteiger partial charge is 0.422 e. The maximum Gasteiger partial charge on any atom is 0.249 e. The molecule has 146 valence electrons. The van der Waals surface area contributed by atoms with Gasteiger partial charge in [0.2, 0.25) is 17.7 Å². The van der Waals surface area contributed by atoms with Crippen molar-refractivity contribution >= 4 is 17.5 Å². The summed E-state index contributed by atoms with van der Waals surface area (Å²) >= 11 is 6.12. The maximum absolute atomic E-state index is 12.7. The van der Waals surface area contributed by atoms with Gasteiger partial charge in [0.15, 0.2) is 0 Å². The molecule has 1 fully saturated rings. The van der Waals surface area contributed by atoms with Crippen molar-refractivity contribution < 1.29 is 13.9 Å². The number of hydrogen-bond acceptors (Lipinski definition) is 6. The van der Waals surface area contributed by atoms with Crippen LogP contribution >= 0.6 is 11.6 Å². The smallest absolute Gasteiger partial charge is 0.249 e. The van der Waals surface area contributed by atoms with E-state index in [4.69, 9.17) is 20.8 Å². The maximum atomic E-state index is 12.7. The van der Waals surface area contributed by atoms with E-state index in [0.29, 0.717) is 36.5 Å². The highest BCUT2D eigenvalue weighted by atomic mass is 35.5. The van der Waals surface area contributed by atoms with E-state index < -0.39 is 0 Å². The predicted molar refractivity (Wildman–Crippen MR) is 101 cm³/mol. The molecule has 0 spiro atoms. The van der Waals surface area contributed by atoms with E-state index in [1.165, 1.54) is 0 Å². The van der Waals surface area contributed by atoms with Gasteiger partial charge in [-0.1, -0.05) is 29.8 Å². The number of aromatic nitrogens is 2. The van der Waals surface area contributed by atoms with Crippen LogP contribution in [-0.4, -0.2) is 53.2 Å². The highest BCUT2D eigenvalue weighted by Gasteiger charge is 2.32. The zero-order valence-electron chi connectivity index (χ0n) is 15.7. The number of ether oxygens (including phenoxy) is 1. The average Bonchev–Trinajstić information content (AvgIpc) is 3.11. The molecule has 1 unspecified atom stereocenters. The van der Waals surface area contributed by atoms with Crippen LogP contribution in [-0.2, 0) is 22.7 Å². The average molecular weight is 393 g/mol. The Morgan fingerprint density at radius 3 is 2.93 bits per heavy atom. The SMILES string of the molecule is CN(C)Cc1nnc(C2CCCCN2C(=O)COCc2ccccc2Cl)o1. The fraction of sp³-hybridized carbons (Fsp3) is 0.526. The third-order valence-corrected chi connectivity index (χ3v) is 4.85. The van der Waals surface area contributed by atoms with Crippen LogP contribution in [0.25, 0.3) is 0 Å². The first-order valence-corrected chi connectivity index (χ1v) is 9.50. The molecular weight excluding hydrogens is 368 g/mol. The van der Waals surface area contributed by atoms with Crippen LogP contribution in [0.1, 0.15) is 42.6 Å². The van der Waals surface area contributed by atoms with Crippen LogP contribution in [0.3, 0.4) is 0 Å². The van der Waals surface area contributed by atoms with Crippen molar-refractivity contribution in [3.8, 4) is 0 Å². The Morgan fingerprint density at radius 2 is 2.15 bits per heavy atom. The lowest BCUT2D eigenvalue weighted by molar-refractivity contribution is -0.141. The van der Waals surface area contributed by atoms with E-state index in [1.807, 2.05) is 43.3 Å². The number of likely N-dealkylation sites (tertiary alicyclic amines) is 1. The van der Waals surface area contributed by atoms with Gasteiger partial charge in [0.25, 0.3) is 0 Å². The molecule has 2 aromatic rings. The highest BCUT2D eigenvalue weighted by molar-refractivity contribution is 6.31. The van der Waals surface area contributed by atoms with Gasteiger partial charge in [-0.15, -0.1) is 10.2 Å². The fourth-order valence-corrected chi connectivity index (χ4v) is 3.36. The molecule has 1 amide bonds. The molecular formula is C19H25ClN4O3. The van der Waals surface area contributed by atoms with Gasteiger partial charge in [-0.05, 0) is 45.0 Å². The number of halogens is 1. The quantitative estimate of drug-likeness (QED) is 0.721. The molecule has 0 radical (unpaired) electrons.